The summed E-state index contributed by atoms with van der Waals surface area (Å²) in [4.78, 5) is 2.38. The lowest BCUT2D eigenvalue weighted by Gasteiger charge is -2.35. The molecule has 0 N–H and O–H groups in total. The zero-order valence-electron chi connectivity index (χ0n) is 25.3. The normalized spacial score (nSPS) is 14.5. The van der Waals surface area contributed by atoms with Crippen LogP contribution in [0.3, 0.4) is 0 Å². The van der Waals surface area contributed by atoms with Crippen molar-refractivity contribution < 1.29 is 0 Å². The molecule has 216 valence electrons. The Morgan fingerprint density at radius 1 is 0.318 bits per heavy atom. The van der Waals surface area contributed by atoms with E-state index >= 15 is 0 Å². The predicted molar refractivity (Wildman–Crippen MR) is 187 cm³/mol. The summed E-state index contributed by atoms with van der Waals surface area (Å²) < 4.78 is 0. The molecule has 1 fully saturated rings. The van der Waals surface area contributed by atoms with Crippen molar-refractivity contribution in [2.24, 2.45) is 0 Å². The lowest BCUT2D eigenvalue weighted by atomic mass is 9.69. The van der Waals surface area contributed by atoms with Crippen LogP contribution in [0.5, 0.6) is 0 Å². The second-order valence-corrected chi connectivity index (χ2v) is 12.1. The van der Waals surface area contributed by atoms with Gasteiger partial charge in [0.15, 0.2) is 0 Å². The van der Waals surface area contributed by atoms with Gasteiger partial charge in [-0.2, -0.15) is 0 Å². The molecule has 1 heteroatoms. The summed E-state index contributed by atoms with van der Waals surface area (Å²) in [6.07, 6.45) is 7.65. The molecular formula is C43H39N. The van der Waals surface area contributed by atoms with Gasteiger partial charge >= 0.3 is 0 Å². The van der Waals surface area contributed by atoms with Crippen LogP contribution in [0.25, 0.3) is 22.3 Å². The number of anilines is 3. The standard InChI is InChI=1S/C43H39N/c1-2-13-33-43(32-12-1,38-18-10-5-11-19-38)39-24-30-42(31-25-39)44(40-26-20-36(21-27-40)34-14-6-3-7-15-34)41-28-22-37(23-29-41)35-16-8-4-9-17-35/h3-11,14-31H,1-2,12-13,32-33H2. The third-order valence-corrected chi connectivity index (χ3v) is 9.43. The molecule has 0 saturated heterocycles. The van der Waals surface area contributed by atoms with E-state index in [0.717, 1.165) is 11.4 Å². The van der Waals surface area contributed by atoms with Gasteiger partial charge in [0.25, 0.3) is 0 Å². The van der Waals surface area contributed by atoms with Crippen LogP contribution in [-0.4, -0.2) is 0 Å². The molecule has 6 aromatic rings. The first-order chi connectivity index (χ1) is 21.8. The summed E-state index contributed by atoms with van der Waals surface area (Å²) in [5, 5.41) is 0. The van der Waals surface area contributed by atoms with E-state index < -0.39 is 0 Å². The first-order valence-corrected chi connectivity index (χ1v) is 16.1. The fourth-order valence-electron chi connectivity index (χ4n) is 7.08. The highest BCUT2D eigenvalue weighted by atomic mass is 15.1. The minimum atomic E-state index is 0.0792. The Labute approximate surface area is 262 Å². The van der Waals surface area contributed by atoms with Gasteiger partial charge in [-0.25, -0.2) is 0 Å². The summed E-state index contributed by atoms with van der Waals surface area (Å²) >= 11 is 0. The molecule has 7 rings (SSSR count). The van der Waals surface area contributed by atoms with Crippen LogP contribution in [-0.2, 0) is 5.41 Å². The maximum atomic E-state index is 2.40. The predicted octanol–water partition coefficient (Wildman–Crippen LogP) is 12.1. The third-order valence-electron chi connectivity index (χ3n) is 9.43. The lowest BCUT2D eigenvalue weighted by Crippen LogP contribution is -2.27. The van der Waals surface area contributed by atoms with Gasteiger partial charge in [-0.15, -0.1) is 0 Å². The fraction of sp³-hybridized carbons (Fsp3) is 0.163. The van der Waals surface area contributed by atoms with Gasteiger partial charge in [0.1, 0.15) is 0 Å². The summed E-state index contributed by atoms with van der Waals surface area (Å²) in [7, 11) is 0. The highest BCUT2D eigenvalue weighted by Gasteiger charge is 2.34. The summed E-state index contributed by atoms with van der Waals surface area (Å²) in [6.45, 7) is 0. The van der Waals surface area contributed by atoms with Crippen molar-refractivity contribution in [3.05, 3.63) is 175 Å². The molecular weight excluding hydrogens is 530 g/mol. The minimum Gasteiger partial charge on any atom is -0.311 e. The number of hydrogen-bond donors (Lipinski definition) is 0. The second kappa shape index (κ2) is 12.8. The lowest BCUT2D eigenvalue weighted by molar-refractivity contribution is 0.446. The highest BCUT2D eigenvalue weighted by Crippen LogP contribution is 2.45. The van der Waals surface area contributed by atoms with Crippen molar-refractivity contribution in [3.8, 4) is 22.3 Å². The molecule has 0 radical (unpaired) electrons. The Kier molecular flexibility index (Phi) is 8.11. The minimum absolute atomic E-state index is 0.0792. The smallest absolute Gasteiger partial charge is 0.0462 e. The van der Waals surface area contributed by atoms with Crippen molar-refractivity contribution in [2.45, 2.75) is 43.9 Å². The molecule has 1 aliphatic rings. The van der Waals surface area contributed by atoms with Crippen LogP contribution in [0.1, 0.15) is 49.7 Å². The SMILES string of the molecule is c1ccc(-c2ccc(N(c3ccc(-c4ccccc4)cc3)c3ccc(C4(c5ccccc5)CCCCCC4)cc3)cc2)cc1. The van der Waals surface area contributed by atoms with Gasteiger partial charge in [-0.1, -0.05) is 153 Å². The Balaban J connectivity index is 1.28. The van der Waals surface area contributed by atoms with Crippen molar-refractivity contribution in [2.75, 3.05) is 4.90 Å². The van der Waals surface area contributed by atoms with E-state index in [-0.39, 0.29) is 5.41 Å². The molecule has 1 nitrogen and oxygen atoms in total. The highest BCUT2D eigenvalue weighted by molar-refractivity contribution is 5.80. The van der Waals surface area contributed by atoms with Crippen molar-refractivity contribution in [1.29, 1.82) is 0 Å². The Morgan fingerprint density at radius 3 is 1.09 bits per heavy atom. The van der Waals surface area contributed by atoms with Gasteiger partial charge in [0.05, 0.1) is 0 Å². The molecule has 0 heterocycles. The van der Waals surface area contributed by atoms with E-state index in [1.54, 1.807) is 0 Å². The summed E-state index contributed by atoms with van der Waals surface area (Å²) in [5.74, 6) is 0. The van der Waals surface area contributed by atoms with Crippen LogP contribution in [0.4, 0.5) is 17.1 Å². The average Bonchev–Trinajstić information content (AvgIpc) is 3.38. The molecule has 0 amide bonds. The maximum Gasteiger partial charge on any atom is 0.0462 e. The van der Waals surface area contributed by atoms with E-state index in [2.05, 4.69) is 169 Å². The molecule has 0 bridgehead atoms. The molecule has 1 saturated carbocycles. The third kappa shape index (κ3) is 5.71. The van der Waals surface area contributed by atoms with E-state index in [4.69, 9.17) is 0 Å². The molecule has 0 aromatic heterocycles. The van der Waals surface area contributed by atoms with E-state index in [9.17, 15) is 0 Å². The monoisotopic (exact) mass is 569 g/mol. The molecule has 0 spiro atoms. The van der Waals surface area contributed by atoms with E-state index in [1.807, 2.05) is 0 Å². The molecule has 44 heavy (non-hydrogen) atoms. The van der Waals surface area contributed by atoms with Gasteiger partial charge in [-0.3, -0.25) is 0 Å². The first-order valence-electron chi connectivity index (χ1n) is 16.1. The van der Waals surface area contributed by atoms with Gasteiger partial charge < -0.3 is 4.90 Å². The summed E-state index contributed by atoms with van der Waals surface area (Å²) in [5.41, 5.74) is 11.4. The average molecular weight is 570 g/mol. The number of benzene rings is 6. The van der Waals surface area contributed by atoms with Gasteiger partial charge in [0.2, 0.25) is 0 Å². The molecule has 1 aliphatic carbocycles. The fourth-order valence-corrected chi connectivity index (χ4v) is 7.08. The van der Waals surface area contributed by atoms with Crippen LogP contribution in [0.15, 0.2) is 164 Å². The number of hydrogen-bond acceptors (Lipinski definition) is 1. The second-order valence-electron chi connectivity index (χ2n) is 12.1. The Hall–Kier alpha value is -4.88. The van der Waals surface area contributed by atoms with E-state index in [0.29, 0.717) is 0 Å². The van der Waals surface area contributed by atoms with Crippen molar-refractivity contribution in [1.82, 2.24) is 0 Å². The van der Waals surface area contributed by atoms with Crippen LogP contribution in [0, 0.1) is 0 Å². The van der Waals surface area contributed by atoms with Crippen LogP contribution in [0.2, 0.25) is 0 Å². The molecule has 0 atom stereocenters. The van der Waals surface area contributed by atoms with Crippen LogP contribution < -0.4 is 4.90 Å². The quantitative estimate of drug-likeness (QED) is 0.173. The molecule has 0 aliphatic heterocycles. The zero-order valence-corrected chi connectivity index (χ0v) is 25.3. The maximum absolute atomic E-state index is 2.40. The van der Waals surface area contributed by atoms with Gasteiger partial charge in [-0.05, 0) is 82.6 Å². The van der Waals surface area contributed by atoms with Crippen molar-refractivity contribution >= 4 is 17.1 Å². The van der Waals surface area contributed by atoms with E-state index in [1.165, 1.54) is 77.6 Å². The van der Waals surface area contributed by atoms with Crippen molar-refractivity contribution in [3.63, 3.8) is 0 Å². The summed E-state index contributed by atoms with van der Waals surface area (Å²) in [6, 6.07) is 59.9. The Bertz CT molecular complexity index is 1660. The molecule has 0 unspecified atom stereocenters. The first kappa shape index (κ1) is 27.9. The molecule has 6 aromatic carbocycles. The number of rotatable bonds is 7. The van der Waals surface area contributed by atoms with Gasteiger partial charge in [0, 0.05) is 22.5 Å². The Morgan fingerprint density at radius 2 is 0.659 bits per heavy atom. The zero-order chi connectivity index (χ0) is 29.6. The topological polar surface area (TPSA) is 3.24 Å². The largest absolute Gasteiger partial charge is 0.311 e. The van der Waals surface area contributed by atoms with Crippen LogP contribution >= 0.6 is 0 Å². The number of nitrogens with zero attached hydrogens (tertiary/aromatic N) is 1.